The van der Waals surface area contributed by atoms with Gasteiger partial charge in [-0.3, -0.25) is 0 Å². The smallest absolute Gasteiger partial charge is 0.227 e. The molecule has 2 N–H and O–H groups in total. The van der Waals surface area contributed by atoms with E-state index in [0.29, 0.717) is 24.6 Å². The van der Waals surface area contributed by atoms with Crippen molar-refractivity contribution in [2.75, 3.05) is 0 Å². The number of halogens is 1. The van der Waals surface area contributed by atoms with Crippen molar-refractivity contribution in [1.82, 2.24) is 4.98 Å². The minimum atomic E-state index is 0. The molecular formula is C20H23ClN2O2. The number of aromatic nitrogens is 1. The van der Waals surface area contributed by atoms with E-state index in [0.717, 1.165) is 41.5 Å². The Morgan fingerprint density at radius 1 is 1.08 bits per heavy atom. The van der Waals surface area contributed by atoms with Crippen molar-refractivity contribution in [3.05, 3.63) is 54.1 Å². The van der Waals surface area contributed by atoms with Crippen LogP contribution in [0.15, 0.2) is 52.9 Å². The van der Waals surface area contributed by atoms with Crippen molar-refractivity contribution in [2.45, 2.75) is 44.4 Å². The summed E-state index contributed by atoms with van der Waals surface area (Å²) in [4.78, 5) is 4.53. The third kappa shape index (κ3) is 4.21. The van der Waals surface area contributed by atoms with Crippen LogP contribution in [0.25, 0.3) is 22.6 Å². The number of fused-ring (bicyclic) bond motifs is 1. The summed E-state index contributed by atoms with van der Waals surface area (Å²) >= 11 is 0. The molecule has 4 rings (SSSR count). The second kappa shape index (κ2) is 8.00. The molecule has 0 bridgehead atoms. The molecular weight excluding hydrogens is 336 g/mol. The van der Waals surface area contributed by atoms with Gasteiger partial charge in [0.2, 0.25) is 5.89 Å². The van der Waals surface area contributed by atoms with Crippen LogP contribution >= 0.6 is 12.4 Å². The highest BCUT2D eigenvalue weighted by Gasteiger charge is 2.19. The summed E-state index contributed by atoms with van der Waals surface area (Å²) in [5.74, 6) is 0.655. The molecule has 1 heterocycles. The van der Waals surface area contributed by atoms with Gasteiger partial charge in [-0.2, -0.15) is 0 Å². The molecule has 0 amide bonds. The van der Waals surface area contributed by atoms with E-state index in [1.165, 1.54) is 6.42 Å². The maximum absolute atomic E-state index is 6.01. The number of oxazole rings is 1. The van der Waals surface area contributed by atoms with Crippen molar-refractivity contribution >= 4 is 23.5 Å². The number of hydrogen-bond donors (Lipinski definition) is 1. The molecule has 4 nitrogen and oxygen atoms in total. The number of benzene rings is 2. The first-order chi connectivity index (χ1) is 11.8. The summed E-state index contributed by atoms with van der Waals surface area (Å²) in [6, 6.07) is 16.3. The van der Waals surface area contributed by atoms with Crippen LogP contribution in [0.5, 0.6) is 0 Å². The Balaban J connectivity index is 0.00000182. The summed E-state index contributed by atoms with van der Waals surface area (Å²) in [6.07, 6.45) is 4.68. The van der Waals surface area contributed by atoms with Crippen LogP contribution in [0, 0.1) is 0 Å². The molecule has 1 aliphatic rings. The van der Waals surface area contributed by atoms with Crippen LogP contribution in [0.2, 0.25) is 0 Å². The second-order valence-electron chi connectivity index (χ2n) is 6.54. The monoisotopic (exact) mass is 358 g/mol. The standard InChI is InChI=1S/C20H22N2O2.ClH/c21-16-4-3-5-17(12-16)23-13-14-8-10-15(11-9-14)20-22-18-6-1-2-7-19(18)24-20;/h1-2,6-11,16-17H,3-5,12-13,21H2;1H/t16-,17+;/m1./s1. The van der Waals surface area contributed by atoms with Gasteiger partial charge in [0, 0.05) is 11.6 Å². The van der Waals surface area contributed by atoms with Crippen molar-refractivity contribution in [3.8, 4) is 11.5 Å². The summed E-state index contributed by atoms with van der Waals surface area (Å²) < 4.78 is 11.8. The van der Waals surface area contributed by atoms with E-state index >= 15 is 0 Å². The van der Waals surface area contributed by atoms with Crippen molar-refractivity contribution in [3.63, 3.8) is 0 Å². The number of rotatable bonds is 4. The average Bonchev–Trinajstić information content (AvgIpc) is 3.05. The molecule has 1 saturated carbocycles. The van der Waals surface area contributed by atoms with Gasteiger partial charge in [-0.1, -0.05) is 24.3 Å². The Hall–Kier alpha value is -1.88. The van der Waals surface area contributed by atoms with Gasteiger partial charge in [0.25, 0.3) is 0 Å². The third-order valence-electron chi connectivity index (χ3n) is 4.65. The van der Waals surface area contributed by atoms with E-state index in [2.05, 4.69) is 17.1 Å². The molecule has 2 atom stereocenters. The first-order valence-electron chi connectivity index (χ1n) is 8.60. The average molecular weight is 359 g/mol. The van der Waals surface area contributed by atoms with Gasteiger partial charge in [0.15, 0.2) is 5.58 Å². The molecule has 1 fully saturated rings. The van der Waals surface area contributed by atoms with Gasteiger partial charge in [0.1, 0.15) is 5.52 Å². The SMILES string of the molecule is Cl.N[C@@H]1CCC[C@H](OCc2ccc(-c3nc4ccccc4o3)cc2)C1. The molecule has 0 aliphatic heterocycles. The van der Waals surface area contributed by atoms with Crippen molar-refractivity contribution < 1.29 is 9.15 Å². The topological polar surface area (TPSA) is 61.3 Å². The van der Waals surface area contributed by atoms with E-state index in [9.17, 15) is 0 Å². The van der Waals surface area contributed by atoms with Gasteiger partial charge in [-0.05, 0) is 55.5 Å². The molecule has 3 aromatic rings. The minimum Gasteiger partial charge on any atom is -0.436 e. The summed E-state index contributed by atoms with van der Waals surface area (Å²) in [7, 11) is 0. The molecule has 25 heavy (non-hydrogen) atoms. The molecule has 0 unspecified atom stereocenters. The highest BCUT2D eigenvalue weighted by Crippen LogP contribution is 2.25. The van der Waals surface area contributed by atoms with Crippen LogP contribution in [-0.2, 0) is 11.3 Å². The lowest BCUT2D eigenvalue weighted by molar-refractivity contribution is 0.0123. The van der Waals surface area contributed by atoms with Gasteiger partial charge in [-0.25, -0.2) is 4.98 Å². The zero-order valence-corrected chi connectivity index (χ0v) is 14.9. The third-order valence-corrected chi connectivity index (χ3v) is 4.65. The maximum atomic E-state index is 6.01. The van der Waals surface area contributed by atoms with Crippen LogP contribution in [0.4, 0.5) is 0 Å². The lowest BCUT2D eigenvalue weighted by atomic mass is 9.93. The zero-order chi connectivity index (χ0) is 16.4. The highest BCUT2D eigenvalue weighted by atomic mass is 35.5. The lowest BCUT2D eigenvalue weighted by Gasteiger charge is -2.26. The highest BCUT2D eigenvalue weighted by molar-refractivity contribution is 5.85. The summed E-state index contributed by atoms with van der Waals surface area (Å²) in [5.41, 5.74) is 9.85. The Labute approximate surface area is 153 Å². The van der Waals surface area contributed by atoms with Gasteiger partial charge in [0.05, 0.1) is 12.7 Å². The van der Waals surface area contributed by atoms with E-state index in [4.69, 9.17) is 14.9 Å². The first-order valence-corrected chi connectivity index (χ1v) is 8.60. The Bertz CT molecular complexity index is 783. The predicted octanol–water partition coefficient (Wildman–Crippen LogP) is 4.70. The molecule has 0 saturated heterocycles. The van der Waals surface area contributed by atoms with E-state index in [1.807, 2.05) is 36.4 Å². The predicted molar refractivity (Wildman–Crippen MR) is 102 cm³/mol. The fourth-order valence-corrected chi connectivity index (χ4v) is 3.29. The molecule has 0 radical (unpaired) electrons. The molecule has 2 aromatic carbocycles. The van der Waals surface area contributed by atoms with Gasteiger partial charge < -0.3 is 14.9 Å². The first kappa shape index (κ1) is 17.9. The second-order valence-corrected chi connectivity index (χ2v) is 6.54. The normalized spacial score (nSPS) is 20.4. The Kier molecular flexibility index (Phi) is 5.74. The number of hydrogen-bond acceptors (Lipinski definition) is 4. The molecule has 1 aliphatic carbocycles. The van der Waals surface area contributed by atoms with Crippen LogP contribution in [-0.4, -0.2) is 17.1 Å². The zero-order valence-electron chi connectivity index (χ0n) is 14.1. The lowest BCUT2D eigenvalue weighted by Crippen LogP contribution is -2.32. The van der Waals surface area contributed by atoms with Crippen LogP contribution in [0.3, 0.4) is 0 Å². The van der Waals surface area contributed by atoms with Crippen molar-refractivity contribution in [2.24, 2.45) is 5.73 Å². The van der Waals surface area contributed by atoms with Gasteiger partial charge in [-0.15, -0.1) is 12.4 Å². The van der Waals surface area contributed by atoms with Crippen molar-refractivity contribution in [1.29, 1.82) is 0 Å². The number of nitrogens with two attached hydrogens (primary N) is 1. The molecule has 5 heteroatoms. The summed E-state index contributed by atoms with van der Waals surface area (Å²) in [6.45, 7) is 0.630. The van der Waals surface area contributed by atoms with Gasteiger partial charge >= 0.3 is 0 Å². The van der Waals surface area contributed by atoms with Crippen LogP contribution in [0.1, 0.15) is 31.2 Å². The largest absolute Gasteiger partial charge is 0.436 e. The fourth-order valence-electron chi connectivity index (χ4n) is 3.29. The maximum Gasteiger partial charge on any atom is 0.227 e. The molecule has 132 valence electrons. The van der Waals surface area contributed by atoms with E-state index < -0.39 is 0 Å². The molecule has 0 spiro atoms. The Morgan fingerprint density at radius 2 is 1.88 bits per heavy atom. The van der Waals surface area contributed by atoms with E-state index in [1.54, 1.807) is 0 Å². The van der Waals surface area contributed by atoms with Crippen LogP contribution < -0.4 is 5.73 Å². The minimum absolute atomic E-state index is 0. The number of para-hydroxylation sites is 2. The molecule has 1 aromatic heterocycles. The van der Waals surface area contributed by atoms with E-state index in [-0.39, 0.29) is 12.4 Å². The Morgan fingerprint density at radius 3 is 2.64 bits per heavy atom. The fraction of sp³-hybridized carbons (Fsp3) is 0.350. The summed E-state index contributed by atoms with van der Waals surface area (Å²) in [5, 5.41) is 0. The number of ether oxygens (including phenoxy) is 1. The quantitative estimate of drug-likeness (QED) is 0.734. The number of nitrogens with zero attached hydrogens (tertiary/aromatic N) is 1.